The topological polar surface area (TPSA) is 106 Å². The molecule has 0 aliphatic carbocycles. The Morgan fingerprint density at radius 2 is 2.46 bits per heavy atom. The van der Waals surface area contributed by atoms with Crippen LogP contribution in [-0.4, -0.2) is 31.6 Å². The van der Waals surface area contributed by atoms with E-state index < -0.39 is 17.1 Å². The fourth-order valence-corrected chi connectivity index (χ4v) is 1.82. The van der Waals surface area contributed by atoms with E-state index in [4.69, 9.17) is 10.6 Å². The van der Waals surface area contributed by atoms with Crippen molar-refractivity contribution in [2.75, 3.05) is 0 Å². The summed E-state index contributed by atoms with van der Waals surface area (Å²) >= 11 is 5.29. The van der Waals surface area contributed by atoms with Crippen LogP contribution < -0.4 is 0 Å². The first-order chi connectivity index (χ1) is 6.07. The highest BCUT2D eigenvalue weighted by molar-refractivity contribution is 8.24. The van der Waals surface area contributed by atoms with Crippen LogP contribution in [0.4, 0.5) is 0 Å². The molecule has 1 fully saturated rings. The third kappa shape index (κ3) is 1.72. The summed E-state index contributed by atoms with van der Waals surface area (Å²) in [5.41, 5.74) is 8.04. The van der Waals surface area contributed by atoms with E-state index in [0.717, 1.165) is 0 Å². The highest BCUT2D eigenvalue weighted by Crippen LogP contribution is 2.27. The maximum absolute atomic E-state index is 11.1. The van der Waals surface area contributed by atoms with Gasteiger partial charge in [-0.15, -0.1) is 10.5 Å². The Kier molecular flexibility index (Phi) is 2.71. The van der Waals surface area contributed by atoms with Gasteiger partial charge in [-0.2, -0.15) is 4.91 Å². The number of rotatable bonds is 2. The smallest absolute Gasteiger partial charge is 0.344 e. The lowest BCUT2D eigenvalue weighted by Gasteiger charge is -1.98. The molecule has 1 N–H and O–H groups in total. The molecule has 1 atom stereocenters. The van der Waals surface area contributed by atoms with Crippen LogP contribution in [0.3, 0.4) is 0 Å². The van der Waals surface area contributed by atoms with Crippen LogP contribution in [0.15, 0.2) is 5.22 Å². The molecule has 1 saturated heterocycles. The van der Waals surface area contributed by atoms with Crippen LogP contribution in [0.5, 0.6) is 0 Å². The molecule has 1 rings (SSSR count). The Morgan fingerprint density at radius 1 is 1.85 bits per heavy atom. The molecule has 0 aromatic rings. The first-order valence-electron chi connectivity index (χ1n) is 2.90. The molecule has 1 amide bonds. The number of carbonyl (C=O) groups excluding carboxylic acids is 1. The van der Waals surface area contributed by atoms with E-state index in [1.165, 1.54) is 0 Å². The minimum absolute atomic E-state index is 0.0461. The van der Waals surface area contributed by atoms with Gasteiger partial charge in [0.05, 0.1) is 0 Å². The van der Waals surface area contributed by atoms with Crippen molar-refractivity contribution in [3.63, 3.8) is 0 Å². The minimum Gasteiger partial charge on any atom is -0.480 e. The number of hydrogen-bond donors (Lipinski definition) is 1. The molecule has 0 aromatic heterocycles. The van der Waals surface area contributed by atoms with Gasteiger partial charge in [-0.25, -0.2) is 4.79 Å². The molecule has 0 radical (unpaired) electrons. The summed E-state index contributed by atoms with van der Waals surface area (Å²) in [6.45, 7) is 0. The fourth-order valence-electron chi connectivity index (χ4n) is 0.679. The van der Waals surface area contributed by atoms with Crippen molar-refractivity contribution in [2.24, 2.45) is 5.22 Å². The van der Waals surface area contributed by atoms with Crippen LogP contribution in [0.25, 0.3) is 10.4 Å². The molecule has 1 aliphatic rings. The Bertz CT molecular complexity index is 336. The van der Waals surface area contributed by atoms with Crippen LogP contribution in [-0.2, 0) is 9.59 Å². The van der Waals surface area contributed by atoms with Crippen LogP contribution >= 0.6 is 24.0 Å². The van der Waals surface area contributed by atoms with E-state index in [2.05, 4.69) is 22.4 Å². The van der Waals surface area contributed by atoms with Gasteiger partial charge >= 0.3 is 11.9 Å². The highest BCUT2D eigenvalue weighted by Gasteiger charge is 2.46. The second kappa shape index (κ2) is 3.60. The first kappa shape index (κ1) is 9.78. The zero-order valence-corrected chi connectivity index (χ0v) is 7.58. The molecule has 13 heavy (non-hydrogen) atoms. The predicted octanol–water partition coefficient (Wildman–Crippen LogP) is 0.525. The fraction of sp³-hybridized carbons (Fsp3) is 0.250. The van der Waals surface area contributed by atoms with Gasteiger partial charge in [-0.3, -0.25) is 4.79 Å². The number of amides is 1. The summed E-state index contributed by atoms with van der Waals surface area (Å²) in [5.74, 6) is -2.12. The van der Waals surface area contributed by atoms with E-state index in [0.29, 0.717) is 16.8 Å². The SMILES string of the molecule is [N-]=[N+]=NN1C(=O)C(C(=O)O)SC1=S. The third-order valence-electron chi connectivity index (χ3n) is 1.18. The molecular weight excluding hydrogens is 216 g/mol. The number of carbonyl (C=O) groups is 2. The summed E-state index contributed by atoms with van der Waals surface area (Å²) in [4.78, 5) is 23.9. The maximum Gasteiger partial charge on any atom is 0.344 e. The predicted molar refractivity (Wildman–Crippen MR) is 47.6 cm³/mol. The number of carboxylic acid groups (broad SMARTS) is 1. The minimum atomic E-state index is -1.30. The Hall–Kier alpha value is -1.31. The van der Waals surface area contributed by atoms with E-state index >= 15 is 0 Å². The zero-order valence-electron chi connectivity index (χ0n) is 5.95. The molecule has 1 unspecified atom stereocenters. The number of thioether (sulfide) groups is 1. The molecule has 1 aliphatic heterocycles. The van der Waals surface area contributed by atoms with Gasteiger partial charge in [0, 0.05) is 0 Å². The molecule has 0 aromatic carbocycles. The van der Waals surface area contributed by atoms with Gasteiger partial charge in [0.25, 0.3) is 0 Å². The van der Waals surface area contributed by atoms with Gasteiger partial charge < -0.3 is 5.11 Å². The van der Waals surface area contributed by atoms with Gasteiger partial charge in [0.2, 0.25) is 9.57 Å². The molecule has 7 nitrogen and oxygen atoms in total. The Labute approximate surface area is 81.3 Å². The van der Waals surface area contributed by atoms with Crippen LogP contribution in [0.2, 0.25) is 0 Å². The van der Waals surface area contributed by atoms with Crippen LogP contribution in [0, 0.1) is 0 Å². The van der Waals surface area contributed by atoms with Crippen molar-refractivity contribution in [3.8, 4) is 0 Å². The monoisotopic (exact) mass is 218 g/mol. The number of nitrogens with zero attached hydrogens (tertiary/aromatic N) is 4. The average molecular weight is 218 g/mol. The first-order valence-corrected chi connectivity index (χ1v) is 4.19. The maximum atomic E-state index is 11.1. The summed E-state index contributed by atoms with van der Waals surface area (Å²) < 4.78 is -0.0461. The molecule has 0 bridgehead atoms. The Balaban J connectivity index is 2.93. The molecular formula is C4H2N4O3S2. The normalized spacial score (nSPS) is 21.5. The quantitative estimate of drug-likeness (QED) is 0.239. The molecule has 1 heterocycles. The van der Waals surface area contributed by atoms with Crippen molar-refractivity contribution in [1.82, 2.24) is 5.01 Å². The largest absolute Gasteiger partial charge is 0.480 e. The number of hydrogen-bond acceptors (Lipinski definition) is 5. The third-order valence-corrected chi connectivity index (χ3v) is 2.65. The van der Waals surface area contributed by atoms with Crippen molar-refractivity contribution in [1.29, 1.82) is 0 Å². The van der Waals surface area contributed by atoms with Crippen molar-refractivity contribution < 1.29 is 14.7 Å². The average Bonchev–Trinajstić information content (AvgIpc) is 2.32. The number of thiocarbonyl (C=S) groups is 1. The lowest BCUT2D eigenvalue weighted by Crippen LogP contribution is -2.30. The molecule has 9 heteroatoms. The van der Waals surface area contributed by atoms with E-state index in [-0.39, 0.29) is 4.32 Å². The van der Waals surface area contributed by atoms with Crippen molar-refractivity contribution in [2.45, 2.75) is 5.25 Å². The van der Waals surface area contributed by atoms with E-state index in [1.807, 2.05) is 0 Å². The number of carboxylic acids is 1. The Morgan fingerprint density at radius 3 is 2.85 bits per heavy atom. The second-order valence-corrected chi connectivity index (χ2v) is 3.67. The molecule has 0 spiro atoms. The summed E-state index contributed by atoms with van der Waals surface area (Å²) in [6.07, 6.45) is 0. The summed E-state index contributed by atoms with van der Waals surface area (Å²) in [7, 11) is 0. The van der Waals surface area contributed by atoms with Gasteiger partial charge in [-0.1, -0.05) is 0 Å². The van der Waals surface area contributed by atoms with Crippen molar-refractivity contribution in [3.05, 3.63) is 10.4 Å². The summed E-state index contributed by atoms with van der Waals surface area (Å²) in [5, 5.41) is 10.8. The second-order valence-electron chi connectivity index (χ2n) is 1.93. The standard InChI is InChI=1S/C4H2N4O3S2/c5-6-7-8-2(9)1(3(10)11)13-4(8)12/h1H,(H,10,11). The van der Waals surface area contributed by atoms with Gasteiger partial charge in [0.1, 0.15) is 0 Å². The zero-order chi connectivity index (χ0) is 10.0. The van der Waals surface area contributed by atoms with Gasteiger partial charge in [-0.05, 0) is 29.2 Å². The van der Waals surface area contributed by atoms with E-state index in [9.17, 15) is 9.59 Å². The number of azide groups is 1. The lowest BCUT2D eigenvalue weighted by molar-refractivity contribution is -0.141. The van der Waals surface area contributed by atoms with E-state index in [1.54, 1.807) is 0 Å². The molecule has 68 valence electrons. The van der Waals surface area contributed by atoms with Crippen LogP contribution in [0.1, 0.15) is 0 Å². The molecule has 0 saturated carbocycles. The highest BCUT2D eigenvalue weighted by atomic mass is 32.2. The number of aliphatic carboxylic acids is 1. The van der Waals surface area contributed by atoms with Crippen molar-refractivity contribution >= 4 is 40.2 Å². The van der Waals surface area contributed by atoms with Gasteiger partial charge in [0.15, 0.2) is 0 Å². The lowest BCUT2D eigenvalue weighted by atomic mass is 10.4. The summed E-state index contributed by atoms with van der Waals surface area (Å²) in [6, 6.07) is 0.